The number of sulfonamides is 1. The third-order valence-electron chi connectivity index (χ3n) is 7.30. The number of hydrogen-bond donors (Lipinski definition) is 2. The lowest BCUT2D eigenvalue weighted by Crippen LogP contribution is -2.49. The van der Waals surface area contributed by atoms with Gasteiger partial charge in [0.05, 0.1) is 22.7 Å². The van der Waals surface area contributed by atoms with Crippen LogP contribution < -0.4 is 14.9 Å². The number of fused-ring (bicyclic) bond motifs is 1. The molecule has 2 aromatic rings. The monoisotopic (exact) mass is 519 g/mol. The fraction of sp³-hybridized carbons (Fsp3) is 0.583. The summed E-state index contributed by atoms with van der Waals surface area (Å²) in [5.41, 5.74) is 1.73. The Bertz CT molecular complexity index is 1180. The highest BCUT2D eigenvalue weighted by atomic mass is 32.2. The second-order valence-corrected chi connectivity index (χ2v) is 13.0. The number of hydrogen-bond acceptors (Lipinski definition) is 8. The molecule has 11 heteroatoms. The smallest absolute Gasteiger partial charge is 0.227 e. The van der Waals surface area contributed by atoms with E-state index in [1.807, 2.05) is 18.2 Å². The van der Waals surface area contributed by atoms with Gasteiger partial charge < -0.3 is 15.0 Å². The maximum atomic E-state index is 12.7. The van der Waals surface area contributed by atoms with Crippen molar-refractivity contribution in [1.29, 1.82) is 0 Å². The van der Waals surface area contributed by atoms with Crippen molar-refractivity contribution < 1.29 is 17.4 Å². The van der Waals surface area contributed by atoms with E-state index in [2.05, 4.69) is 27.1 Å². The highest BCUT2D eigenvalue weighted by molar-refractivity contribution is 7.88. The Morgan fingerprint density at radius 1 is 1.14 bits per heavy atom. The summed E-state index contributed by atoms with van der Waals surface area (Å²) in [6.45, 7) is 3.22. The van der Waals surface area contributed by atoms with Crippen LogP contribution in [0, 0.1) is 0 Å². The Balaban J connectivity index is 1.38. The van der Waals surface area contributed by atoms with Crippen LogP contribution in [-0.4, -0.2) is 73.5 Å². The standard InChI is InChI=1S/C24H33N5O4S2/c1-35(31,32)25-17-24(18-5-3-2-4-6-18)10-12-29(13-11-24)23-27-20-9-16-34(30)21(20)22(28-23)26-19-7-14-33-15-8-19/h2-6,19,25H,7-17H2,1H3,(H,26,27,28). The summed E-state index contributed by atoms with van der Waals surface area (Å²) in [6, 6.07) is 10.4. The molecule has 1 aromatic carbocycles. The first kappa shape index (κ1) is 24.6. The van der Waals surface area contributed by atoms with E-state index in [9.17, 15) is 12.6 Å². The van der Waals surface area contributed by atoms with Gasteiger partial charge in [-0.05, 0) is 31.2 Å². The average molecular weight is 520 g/mol. The molecule has 9 nitrogen and oxygen atoms in total. The highest BCUT2D eigenvalue weighted by Crippen LogP contribution is 2.37. The predicted octanol–water partition coefficient (Wildman–Crippen LogP) is 1.82. The molecule has 35 heavy (non-hydrogen) atoms. The summed E-state index contributed by atoms with van der Waals surface area (Å²) in [6.07, 6.45) is 5.24. The van der Waals surface area contributed by atoms with E-state index in [-0.39, 0.29) is 11.5 Å². The quantitative estimate of drug-likeness (QED) is 0.570. The van der Waals surface area contributed by atoms with Crippen molar-refractivity contribution in [2.45, 2.75) is 48.5 Å². The van der Waals surface area contributed by atoms with Crippen LogP contribution >= 0.6 is 0 Å². The van der Waals surface area contributed by atoms with Crippen molar-refractivity contribution in [3.63, 3.8) is 0 Å². The summed E-state index contributed by atoms with van der Waals surface area (Å²) in [4.78, 5) is 12.6. The van der Waals surface area contributed by atoms with Crippen molar-refractivity contribution in [3.8, 4) is 0 Å². The normalized spacial score (nSPS) is 22.7. The Labute approximate surface area is 209 Å². The lowest BCUT2D eigenvalue weighted by atomic mass is 9.73. The van der Waals surface area contributed by atoms with Crippen molar-refractivity contribution in [1.82, 2.24) is 14.7 Å². The first-order chi connectivity index (χ1) is 16.8. The zero-order valence-electron chi connectivity index (χ0n) is 20.0. The van der Waals surface area contributed by atoms with Crippen molar-refractivity contribution in [3.05, 3.63) is 41.6 Å². The van der Waals surface area contributed by atoms with Crippen LogP contribution in [0.1, 0.15) is 36.9 Å². The molecule has 2 fully saturated rings. The molecule has 0 saturated carbocycles. The van der Waals surface area contributed by atoms with Gasteiger partial charge in [-0.25, -0.2) is 18.1 Å². The molecule has 190 valence electrons. The number of nitrogens with one attached hydrogen (secondary N) is 2. The molecular formula is C24H33N5O4S2. The summed E-state index contributed by atoms with van der Waals surface area (Å²) in [5, 5.41) is 3.54. The molecule has 4 heterocycles. The van der Waals surface area contributed by atoms with Crippen LogP contribution in [0.5, 0.6) is 0 Å². The van der Waals surface area contributed by atoms with Gasteiger partial charge in [-0.15, -0.1) is 0 Å². The molecule has 1 unspecified atom stereocenters. The number of aromatic nitrogens is 2. The van der Waals surface area contributed by atoms with Gasteiger partial charge in [-0.2, -0.15) is 4.98 Å². The van der Waals surface area contributed by atoms with Gasteiger partial charge in [-0.3, -0.25) is 4.21 Å². The van der Waals surface area contributed by atoms with Gasteiger partial charge >= 0.3 is 0 Å². The van der Waals surface area contributed by atoms with Crippen LogP contribution in [0.2, 0.25) is 0 Å². The second-order valence-electron chi connectivity index (χ2n) is 9.71. The zero-order valence-corrected chi connectivity index (χ0v) is 21.7. The lowest BCUT2D eigenvalue weighted by Gasteiger charge is -2.42. The van der Waals surface area contributed by atoms with Crippen molar-refractivity contribution in [2.24, 2.45) is 0 Å². The number of piperidine rings is 1. The van der Waals surface area contributed by atoms with E-state index in [0.717, 1.165) is 55.0 Å². The van der Waals surface area contributed by atoms with Gasteiger partial charge in [0.25, 0.3) is 0 Å². The third kappa shape index (κ3) is 5.52. The van der Waals surface area contributed by atoms with E-state index in [0.29, 0.717) is 43.6 Å². The molecule has 0 amide bonds. The van der Waals surface area contributed by atoms with Crippen molar-refractivity contribution >= 4 is 32.6 Å². The number of benzene rings is 1. The van der Waals surface area contributed by atoms with E-state index in [1.165, 1.54) is 6.26 Å². The molecule has 0 spiro atoms. The molecule has 1 aromatic heterocycles. The number of ether oxygens (including phenoxy) is 1. The zero-order chi connectivity index (χ0) is 24.5. The molecule has 2 saturated heterocycles. The Hall–Kier alpha value is -2.08. The fourth-order valence-corrected chi connectivity index (χ4v) is 7.07. The summed E-state index contributed by atoms with van der Waals surface area (Å²) < 4.78 is 44.7. The summed E-state index contributed by atoms with van der Waals surface area (Å²) in [7, 11) is -4.38. The predicted molar refractivity (Wildman–Crippen MR) is 137 cm³/mol. The molecule has 5 rings (SSSR count). The van der Waals surface area contributed by atoms with Crippen LogP contribution in [0.4, 0.5) is 11.8 Å². The SMILES string of the molecule is CS(=O)(=O)NCC1(c2ccccc2)CCN(c2nc3c(c(NC4CCOCC4)n2)S(=O)CC3)CC1. The summed E-state index contributed by atoms with van der Waals surface area (Å²) >= 11 is 0. The first-order valence-corrected chi connectivity index (χ1v) is 15.4. The van der Waals surface area contributed by atoms with Crippen molar-refractivity contribution in [2.75, 3.05) is 55.1 Å². The van der Waals surface area contributed by atoms with E-state index in [1.54, 1.807) is 0 Å². The topological polar surface area (TPSA) is 114 Å². The highest BCUT2D eigenvalue weighted by Gasteiger charge is 2.38. The van der Waals surface area contributed by atoms with Crippen LogP contribution in [0.25, 0.3) is 0 Å². The largest absolute Gasteiger partial charge is 0.381 e. The maximum Gasteiger partial charge on any atom is 0.227 e. The minimum atomic E-state index is -3.30. The van der Waals surface area contributed by atoms with Crippen LogP contribution in [0.3, 0.4) is 0 Å². The average Bonchev–Trinajstić information content (AvgIpc) is 3.25. The minimum Gasteiger partial charge on any atom is -0.381 e. The number of aryl methyl sites for hydroxylation is 1. The Kier molecular flexibility index (Phi) is 7.11. The molecule has 2 N–H and O–H groups in total. The Morgan fingerprint density at radius 2 is 1.86 bits per heavy atom. The molecule has 0 radical (unpaired) electrons. The molecule has 0 aliphatic carbocycles. The van der Waals surface area contributed by atoms with Crippen LogP contribution in [0.15, 0.2) is 35.2 Å². The molecule has 3 aliphatic heterocycles. The van der Waals surface area contributed by atoms with Gasteiger partial charge in [-0.1, -0.05) is 30.3 Å². The summed E-state index contributed by atoms with van der Waals surface area (Å²) in [5.74, 6) is 1.95. The van der Waals surface area contributed by atoms with Gasteiger partial charge in [0.1, 0.15) is 10.7 Å². The number of rotatable bonds is 7. The van der Waals surface area contributed by atoms with E-state index < -0.39 is 20.8 Å². The maximum absolute atomic E-state index is 12.7. The first-order valence-electron chi connectivity index (χ1n) is 12.2. The fourth-order valence-electron chi connectivity index (χ4n) is 5.22. The van der Waals surface area contributed by atoms with Gasteiger partial charge in [0.2, 0.25) is 16.0 Å². The molecule has 3 aliphatic rings. The van der Waals surface area contributed by atoms with E-state index in [4.69, 9.17) is 14.7 Å². The molecule has 0 bridgehead atoms. The second kappa shape index (κ2) is 10.1. The Morgan fingerprint density at radius 3 is 2.54 bits per heavy atom. The molecular weight excluding hydrogens is 486 g/mol. The van der Waals surface area contributed by atoms with Crippen LogP contribution in [-0.2, 0) is 37.4 Å². The van der Waals surface area contributed by atoms with Gasteiger partial charge in [0, 0.05) is 56.5 Å². The third-order valence-corrected chi connectivity index (χ3v) is 9.43. The van der Waals surface area contributed by atoms with Gasteiger partial charge in [0.15, 0.2) is 0 Å². The van der Waals surface area contributed by atoms with E-state index >= 15 is 0 Å². The lowest BCUT2D eigenvalue weighted by molar-refractivity contribution is 0.0903. The number of nitrogens with zero attached hydrogens (tertiary/aromatic N) is 3. The minimum absolute atomic E-state index is 0.252. The molecule has 1 atom stereocenters. The number of anilines is 2.